The topological polar surface area (TPSA) is 54.0 Å². The molecule has 1 aliphatic heterocycles. The average molecular weight is 377 g/mol. The Balaban J connectivity index is 1.45. The molecule has 1 aromatic rings. The lowest BCUT2D eigenvalue weighted by atomic mass is 9.79. The van der Waals surface area contributed by atoms with E-state index >= 15 is 0 Å². The molecule has 0 radical (unpaired) electrons. The van der Waals surface area contributed by atoms with Crippen molar-refractivity contribution in [1.82, 2.24) is 4.90 Å². The van der Waals surface area contributed by atoms with E-state index in [1.165, 1.54) is 18.4 Å². The van der Waals surface area contributed by atoms with Crippen molar-refractivity contribution in [1.29, 1.82) is 0 Å². The fourth-order valence-corrected chi connectivity index (χ4v) is 4.54. The van der Waals surface area contributed by atoms with Crippen LogP contribution < -0.4 is 5.32 Å². The van der Waals surface area contributed by atoms with Crippen LogP contribution in [0, 0.1) is 6.92 Å². The molecular weight excluding hydrogens is 340 g/mol. The maximum absolute atomic E-state index is 10.1. The highest BCUT2D eigenvalue weighted by molar-refractivity contribution is 5.57. The Bertz CT molecular complexity index is 591. The molecule has 0 aromatic heterocycles. The third kappa shape index (κ3) is 5.37. The number of nitrogens with one attached hydrogen (secondary N) is 1. The van der Waals surface area contributed by atoms with Crippen LogP contribution >= 0.6 is 0 Å². The van der Waals surface area contributed by atoms with E-state index in [9.17, 15) is 5.11 Å². The molecule has 152 valence electrons. The summed E-state index contributed by atoms with van der Waals surface area (Å²) in [6.45, 7) is 8.12. The fraction of sp³-hybridized carbons (Fsp3) is 0.727. The predicted molar refractivity (Wildman–Crippen MR) is 110 cm³/mol. The molecular formula is C22H36N2O3. The van der Waals surface area contributed by atoms with Crippen molar-refractivity contribution in [2.24, 2.45) is 0 Å². The summed E-state index contributed by atoms with van der Waals surface area (Å²) < 4.78 is 11.0. The first-order chi connectivity index (χ1) is 13.0. The van der Waals surface area contributed by atoms with Gasteiger partial charge in [-0.05, 0) is 70.1 Å². The second-order valence-electron chi connectivity index (χ2n) is 8.49. The summed E-state index contributed by atoms with van der Waals surface area (Å²) in [5.74, 6) is 0.349. The van der Waals surface area contributed by atoms with E-state index in [0.717, 1.165) is 44.5 Å². The molecule has 2 aliphatic rings. The lowest BCUT2D eigenvalue weighted by molar-refractivity contribution is -0.0398. The van der Waals surface area contributed by atoms with Gasteiger partial charge in [0, 0.05) is 31.8 Å². The van der Waals surface area contributed by atoms with Crippen LogP contribution in [0.25, 0.3) is 0 Å². The number of aromatic hydroxyl groups is 1. The van der Waals surface area contributed by atoms with E-state index in [2.05, 4.69) is 24.1 Å². The van der Waals surface area contributed by atoms with Gasteiger partial charge in [-0.25, -0.2) is 0 Å². The van der Waals surface area contributed by atoms with E-state index in [1.807, 2.05) is 12.1 Å². The Morgan fingerprint density at radius 3 is 2.52 bits per heavy atom. The Morgan fingerprint density at radius 2 is 1.85 bits per heavy atom. The molecule has 1 saturated heterocycles. The minimum absolute atomic E-state index is 0.303. The number of phenolic OH excluding ortho intramolecular Hbond substituents is 1. The number of rotatable bonds is 7. The number of likely N-dealkylation sites (tertiary alicyclic amines) is 1. The van der Waals surface area contributed by atoms with E-state index in [1.54, 1.807) is 13.2 Å². The first-order valence-corrected chi connectivity index (χ1v) is 10.4. The quantitative estimate of drug-likeness (QED) is 0.558. The highest BCUT2D eigenvalue weighted by Crippen LogP contribution is 2.37. The monoisotopic (exact) mass is 376 g/mol. The maximum atomic E-state index is 10.1. The minimum Gasteiger partial charge on any atom is -0.506 e. The number of phenols is 1. The van der Waals surface area contributed by atoms with Gasteiger partial charge in [0.1, 0.15) is 5.75 Å². The smallest absolute Gasteiger partial charge is 0.138 e. The van der Waals surface area contributed by atoms with Crippen LogP contribution in [0.3, 0.4) is 0 Å². The van der Waals surface area contributed by atoms with Gasteiger partial charge < -0.3 is 19.9 Å². The number of aryl methyl sites for hydroxylation is 1. The van der Waals surface area contributed by atoms with Gasteiger partial charge in [0.05, 0.1) is 25.0 Å². The molecule has 0 unspecified atom stereocenters. The first-order valence-electron chi connectivity index (χ1n) is 10.4. The summed E-state index contributed by atoms with van der Waals surface area (Å²) in [6, 6.07) is 6.19. The zero-order chi connectivity index (χ0) is 19.3. The number of hydrogen-bond acceptors (Lipinski definition) is 5. The summed E-state index contributed by atoms with van der Waals surface area (Å²) >= 11 is 0. The molecule has 0 bridgehead atoms. The predicted octanol–water partition coefficient (Wildman–Crippen LogP) is 3.94. The van der Waals surface area contributed by atoms with Crippen LogP contribution in [0.15, 0.2) is 18.2 Å². The van der Waals surface area contributed by atoms with E-state index in [0.29, 0.717) is 36.6 Å². The highest BCUT2D eigenvalue weighted by atomic mass is 16.5. The normalized spacial score (nSPS) is 27.6. The van der Waals surface area contributed by atoms with Crippen molar-refractivity contribution in [2.75, 3.05) is 38.7 Å². The van der Waals surface area contributed by atoms with Crippen LogP contribution in [0.2, 0.25) is 0 Å². The van der Waals surface area contributed by atoms with E-state index in [4.69, 9.17) is 9.47 Å². The summed E-state index contributed by atoms with van der Waals surface area (Å²) in [6.07, 6.45) is 7.36. The Kier molecular flexibility index (Phi) is 7.01. The van der Waals surface area contributed by atoms with E-state index in [-0.39, 0.29) is 0 Å². The van der Waals surface area contributed by atoms with Crippen molar-refractivity contribution < 1.29 is 14.6 Å². The Labute approximate surface area is 164 Å². The standard InChI is InChI=1S/C22H36N2O3/c1-17-4-5-21(25)20(16-17)23-18-8-12-24(13-9-18)22(2)10-6-19(7-11-22)27-15-14-26-3/h4-5,16,18-19,23,25H,6-15H2,1-3H3/t19-,22-. The van der Waals surface area contributed by atoms with Crippen molar-refractivity contribution in [3.05, 3.63) is 23.8 Å². The maximum Gasteiger partial charge on any atom is 0.138 e. The Morgan fingerprint density at radius 1 is 1.15 bits per heavy atom. The molecule has 0 spiro atoms. The lowest BCUT2D eigenvalue weighted by Crippen LogP contribution is -2.53. The zero-order valence-corrected chi connectivity index (χ0v) is 17.2. The SMILES string of the molecule is COCCO[C@H]1CC[C@](C)(N2CCC(Nc3cc(C)ccc3O)CC2)CC1. The second-order valence-corrected chi connectivity index (χ2v) is 8.49. The number of hydrogen-bond donors (Lipinski definition) is 2. The molecule has 2 fully saturated rings. The van der Waals surface area contributed by atoms with Crippen LogP contribution in [0.5, 0.6) is 5.75 Å². The summed E-state index contributed by atoms with van der Waals surface area (Å²) in [7, 11) is 1.72. The molecule has 3 rings (SSSR count). The molecule has 1 heterocycles. The molecule has 2 N–H and O–H groups in total. The van der Waals surface area contributed by atoms with Gasteiger partial charge in [-0.3, -0.25) is 4.90 Å². The van der Waals surface area contributed by atoms with Crippen LogP contribution in [-0.2, 0) is 9.47 Å². The first kappa shape index (κ1) is 20.4. The number of piperidine rings is 1. The number of ether oxygens (including phenoxy) is 2. The lowest BCUT2D eigenvalue weighted by Gasteiger charge is -2.48. The number of methoxy groups -OCH3 is 1. The molecule has 1 aromatic carbocycles. The van der Waals surface area contributed by atoms with Crippen molar-refractivity contribution >= 4 is 5.69 Å². The fourth-order valence-electron chi connectivity index (χ4n) is 4.54. The van der Waals surface area contributed by atoms with Gasteiger partial charge in [-0.1, -0.05) is 6.07 Å². The molecule has 0 atom stereocenters. The van der Waals surface area contributed by atoms with Crippen molar-refractivity contribution in [3.8, 4) is 5.75 Å². The molecule has 27 heavy (non-hydrogen) atoms. The number of nitrogens with zero attached hydrogens (tertiary/aromatic N) is 1. The summed E-state index contributed by atoms with van der Waals surface area (Å²) in [5.41, 5.74) is 2.34. The molecule has 5 heteroatoms. The second kappa shape index (κ2) is 9.26. The van der Waals surface area contributed by atoms with Gasteiger partial charge in [-0.2, -0.15) is 0 Å². The summed E-state index contributed by atoms with van der Waals surface area (Å²) in [4.78, 5) is 2.69. The van der Waals surface area contributed by atoms with Gasteiger partial charge in [-0.15, -0.1) is 0 Å². The van der Waals surface area contributed by atoms with Crippen molar-refractivity contribution in [2.45, 2.75) is 70.1 Å². The van der Waals surface area contributed by atoms with Crippen LogP contribution in [-0.4, -0.2) is 61.1 Å². The molecule has 1 aliphatic carbocycles. The van der Waals surface area contributed by atoms with E-state index < -0.39 is 0 Å². The third-order valence-corrected chi connectivity index (χ3v) is 6.42. The minimum atomic E-state index is 0.303. The third-order valence-electron chi connectivity index (χ3n) is 6.42. The highest BCUT2D eigenvalue weighted by Gasteiger charge is 2.38. The number of anilines is 1. The van der Waals surface area contributed by atoms with Crippen molar-refractivity contribution in [3.63, 3.8) is 0 Å². The molecule has 0 amide bonds. The zero-order valence-electron chi connectivity index (χ0n) is 17.2. The molecule has 1 saturated carbocycles. The van der Waals surface area contributed by atoms with Gasteiger partial charge in [0.25, 0.3) is 0 Å². The Hall–Kier alpha value is -1.30. The average Bonchev–Trinajstić information content (AvgIpc) is 2.67. The largest absolute Gasteiger partial charge is 0.506 e. The van der Waals surface area contributed by atoms with Crippen LogP contribution in [0.1, 0.15) is 51.0 Å². The summed E-state index contributed by atoms with van der Waals surface area (Å²) in [5, 5.41) is 13.6. The molecule has 5 nitrogen and oxygen atoms in total. The van der Waals surface area contributed by atoms with Gasteiger partial charge in [0.2, 0.25) is 0 Å². The van der Waals surface area contributed by atoms with Crippen LogP contribution in [0.4, 0.5) is 5.69 Å². The van der Waals surface area contributed by atoms with Gasteiger partial charge >= 0.3 is 0 Å². The van der Waals surface area contributed by atoms with Gasteiger partial charge in [0.15, 0.2) is 0 Å². The number of benzene rings is 1.